The molecule has 49 heavy (non-hydrogen) atoms. The zero-order valence-corrected chi connectivity index (χ0v) is 29.8. The zero-order chi connectivity index (χ0) is 35.1. The number of fused-ring (bicyclic) bond motifs is 3. The normalized spacial score (nSPS) is 33.2. The molecule has 0 spiro atoms. The van der Waals surface area contributed by atoms with Gasteiger partial charge in [-0.05, 0) is 107 Å². The Morgan fingerprint density at radius 1 is 1.10 bits per heavy atom. The fourth-order valence-corrected chi connectivity index (χ4v) is 8.24. The molecule has 2 saturated heterocycles. The highest BCUT2D eigenvalue weighted by atomic mass is 16.7. The van der Waals surface area contributed by atoms with Gasteiger partial charge in [-0.2, -0.15) is 0 Å². The Hall–Kier alpha value is -3.05. The van der Waals surface area contributed by atoms with E-state index in [4.69, 9.17) is 23.7 Å². The van der Waals surface area contributed by atoms with Gasteiger partial charge in [0.25, 0.3) is 0 Å². The standard InChI is InChI=1S/C39H53NO9/c1-37(2,3)49-33(42)14-12-27(21-41)40-35(43)26-18-30-34(46-22-45-30)31(19-26)47-36(44)24-9-7-23(8-10-24)17-25-11-13-32-39(6,48-32)16-15-29-28(25)20-38(29,4)5/h7-10,17-18,27-32,34,41H,11-16,19-22H2,1-6H3,(H,40,43)/t27-,28+,29+,30+,31+,32?,34+,39+/m0/s1. The third kappa shape index (κ3) is 8.30. The highest BCUT2D eigenvalue weighted by Gasteiger charge is 2.56. The van der Waals surface area contributed by atoms with Crippen LogP contribution in [0.4, 0.5) is 0 Å². The number of aliphatic hydroxyl groups excluding tert-OH is 1. The summed E-state index contributed by atoms with van der Waals surface area (Å²) in [5.41, 5.74) is 3.10. The molecular formula is C39H53NO9. The van der Waals surface area contributed by atoms with E-state index in [2.05, 4.69) is 32.2 Å². The number of carbonyl (C=O) groups is 3. The maximum Gasteiger partial charge on any atom is 0.338 e. The second kappa shape index (κ2) is 13.9. The van der Waals surface area contributed by atoms with Gasteiger partial charge in [-0.25, -0.2) is 4.79 Å². The number of esters is 2. The van der Waals surface area contributed by atoms with Crippen LogP contribution in [0.15, 0.2) is 41.5 Å². The van der Waals surface area contributed by atoms with Gasteiger partial charge in [0.2, 0.25) is 5.91 Å². The average Bonchev–Trinajstić information content (AvgIpc) is 3.41. The summed E-state index contributed by atoms with van der Waals surface area (Å²) in [5, 5.41) is 12.7. The van der Waals surface area contributed by atoms with Gasteiger partial charge < -0.3 is 34.1 Å². The number of aliphatic hydroxyl groups is 1. The molecular weight excluding hydrogens is 626 g/mol. The summed E-state index contributed by atoms with van der Waals surface area (Å²) < 4.78 is 28.8. The van der Waals surface area contributed by atoms with Crippen LogP contribution in [0, 0.1) is 17.3 Å². The molecule has 0 radical (unpaired) electrons. The van der Waals surface area contributed by atoms with Crippen LogP contribution in [0.2, 0.25) is 0 Å². The molecule has 8 atom stereocenters. The smallest absolute Gasteiger partial charge is 0.338 e. The molecule has 2 heterocycles. The van der Waals surface area contributed by atoms with Crippen molar-refractivity contribution in [2.24, 2.45) is 17.3 Å². The third-order valence-corrected chi connectivity index (χ3v) is 11.1. The SMILES string of the molecule is CC(C)(C)OC(=O)CC[C@@H](CO)NC(=O)C1=C[C@H]2OCO[C@H]2[C@H](OC(=O)c2ccc(C=C3CCC4O[C@]4(C)CC[C@@H]4[C@@H]3CC4(C)C)cc2)C1. The van der Waals surface area contributed by atoms with Crippen molar-refractivity contribution in [3.8, 4) is 0 Å². The van der Waals surface area contributed by atoms with E-state index in [-0.39, 0.29) is 38.3 Å². The van der Waals surface area contributed by atoms with Gasteiger partial charge in [0.05, 0.1) is 29.9 Å². The molecule has 1 amide bonds. The minimum Gasteiger partial charge on any atom is -0.460 e. The van der Waals surface area contributed by atoms with Crippen molar-refractivity contribution in [3.05, 3.63) is 52.6 Å². The second-order valence-corrected chi connectivity index (χ2v) is 16.4. The van der Waals surface area contributed by atoms with Gasteiger partial charge in [-0.1, -0.05) is 37.6 Å². The van der Waals surface area contributed by atoms with Crippen molar-refractivity contribution < 1.29 is 43.2 Å². The van der Waals surface area contributed by atoms with E-state index in [0.29, 0.717) is 34.5 Å². The minimum atomic E-state index is -0.741. The fourth-order valence-electron chi connectivity index (χ4n) is 8.24. The van der Waals surface area contributed by atoms with E-state index in [9.17, 15) is 19.5 Å². The van der Waals surface area contributed by atoms with Gasteiger partial charge in [-0.15, -0.1) is 0 Å². The summed E-state index contributed by atoms with van der Waals surface area (Å²) in [6.45, 7) is 12.1. The van der Waals surface area contributed by atoms with E-state index in [1.165, 1.54) is 18.4 Å². The molecule has 1 unspecified atom stereocenters. The zero-order valence-electron chi connectivity index (χ0n) is 29.8. The molecule has 5 aliphatic rings. The fraction of sp³-hybridized carbons (Fsp3) is 0.667. The predicted molar refractivity (Wildman–Crippen MR) is 182 cm³/mol. The van der Waals surface area contributed by atoms with Crippen LogP contribution in [0.1, 0.15) is 109 Å². The first kappa shape index (κ1) is 35.8. The molecule has 2 aliphatic heterocycles. The summed E-state index contributed by atoms with van der Waals surface area (Å²) in [7, 11) is 0. The lowest BCUT2D eigenvalue weighted by Gasteiger charge is -2.53. The van der Waals surface area contributed by atoms with Crippen LogP contribution in [-0.4, -0.2) is 78.0 Å². The molecule has 268 valence electrons. The van der Waals surface area contributed by atoms with Crippen LogP contribution in [-0.2, 0) is 33.3 Å². The first-order chi connectivity index (χ1) is 23.1. The molecule has 2 saturated carbocycles. The van der Waals surface area contributed by atoms with E-state index < -0.39 is 47.8 Å². The summed E-state index contributed by atoms with van der Waals surface area (Å²) in [6.07, 6.45) is 8.51. The Morgan fingerprint density at radius 2 is 1.86 bits per heavy atom. The molecule has 10 heteroatoms. The van der Waals surface area contributed by atoms with Gasteiger partial charge in [0, 0.05) is 18.4 Å². The molecule has 4 fully saturated rings. The van der Waals surface area contributed by atoms with Crippen molar-refractivity contribution in [2.45, 2.75) is 135 Å². The largest absolute Gasteiger partial charge is 0.460 e. The van der Waals surface area contributed by atoms with Crippen molar-refractivity contribution >= 4 is 23.9 Å². The highest BCUT2D eigenvalue weighted by molar-refractivity contribution is 5.94. The number of ether oxygens (including phenoxy) is 5. The Labute approximate surface area is 289 Å². The molecule has 1 aromatic carbocycles. The van der Waals surface area contributed by atoms with Crippen molar-refractivity contribution in [1.82, 2.24) is 5.32 Å². The molecule has 0 aromatic heterocycles. The van der Waals surface area contributed by atoms with Crippen LogP contribution in [0.5, 0.6) is 0 Å². The first-order valence-electron chi connectivity index (χ1n) is 17.9. The molecule has 6 rings (SSSR count). The Balaban J connectivity index is 1.07. The number of epoxide rings is 1. The van der Waals surface area contributed by atoms with Crippen LogP contribution in [0.3, 0.4) is 0 Å². The summed E-state index contributed by atoms with van der Waals surface area (Å²) in [4.78, 5) is 38.8. The molecule has 2 N–H and O–H groups in total. The first-order valence-corrected chi connectivity index (χ1v) is 17.9. The summed E-state index contributed by atoms with van der Waals surface area (Å²) in [6, 6.07) is 6.87. The number of benzene rings is 1. The summed E-state index contributed by atoms with van der Waals surface area (Å²) >= 11 is 0. The maximum absolute atomic E-state index is 13.4. The Morgan fingerprint density at radius 3 is 2.55 bits per heavy atom. The van der Waals surface area contributed by atoms with Crippen LogP contribution >= 0.6 is 0 Å². The van der Waals surface area contributed by atoms with E-state index in [1.807, 2.05) is 12.1 Å². The lowest BCUT2D eigenvalue weighted by molar-refractivity contribution is -0.155. The average molecular weight is 680 g/mol. The Kier molecular flexibility index (Phi) is 10.2. The van der Waals surface area contributed by atoms with Gasteiger partial charge >= 0.3 is 11.9 Å². The van der Waals surface area contributed by atoms with Gasteiger partial charge in [0.1, 0.15) is 30.7 Å². The number of hydrogen-bond donors (Lipinski definition) is 2. The maximum atomic E-state index is 13.4. The number of allylic oxidation sites excluding steroid dienone is 1. The lowest BCUT2D eigenvalue weighted by atomic mass is 9.52. The molecule has 0 bridgehead atoms. The number of hydrogen-bond acceptors (Lipinski definition) is 9. The Bertz CT molecular complexity index is 1470. The predicted octanol–water partition coefficient (Wildman–Crippen LogP) is 5.66. The minimum absolute atomic E-state index is 0.0262. The molecule has 10 nitrogen and oxygen atoms in total. The molecule has 3 aliphatic carbocycles. The van der Waals surface area contributed by atoms with Crippen LogP contribution < -0.4 is 5.32 Å². The molecule has 1 aromatic rings. The number of rotatable bonds is 9. The topological polar surface area (TPSA) is 133 Å². The number of amides is 1. The van der Waals surface area contributed by atoms with E-state index >= 15 is 0 Å². The number of carbonyl (C=O) groups excluding carboxylic acids is 3. The quantitative estimate of drug-likeness (QED) is 0.251. The summed E-state index contributed by atoms with van der Waals surface area (Å²) in [5.74, 6) is -0.0813. The van der Waals surface area contributed by atoms with Crippen molar-refractivity contribution in [2.75, 3.05) is 13.4 Å². The van der Waals surface area contributed by atoms with Crippen molar-refractivity contribution in [1.29, 1.82) is 0 Å². The van der Waals surface area contributed by atoms with Crippen LogP contribution in [0.25, 0.3) is 6.08 Å². The van der Waals surface area contributed by atoms with E-state index in [1.54, 1.807) is 39.0 Å². The van der Waals surface area contributed by atoms with E-state index in [0.717, 1.165) is 24.8 Å². The monoisotopic (exact) mass is 679 g/mol. The second-order valence-electron chi connectivity index (χ2n) is 16.4. The van der Waals surface area contributed by atoms with Gasteiger partial charge in [0.15, 0.2) is 0 Å². The van der Waals surface area contributed by atoms with Gasteiger partial charge in [-0.3, -0.25) is 9.59 Å². The number of nitrogens with one attached hydrogen (secondary N) is 1. The highest BCUT2D eigenvalue weighted by Crippen LogP contribution is 2.59. The lowest BCUT2D eigenvalue weighted by Crippen LogP contribution is -2.45. The van der Waals surface area contributed by atoms with Crippen molar-refractivity contribution in [3.63, 3.8) is 0 Å². The third-order valence-electron chi connectivity index (χ3n) is 11.1.